The van der Waals surface area contributed by atoms with Crippen LogP contribution in [0.4, 0.5) is 0 Å². The minimum absolute atomic E-state index is 0.0676. The molecule has 7 nitrogen and oxygen atoms in total. The maximum Gasteiger partial charge on any atom is 0.313 e. The Labute approximate surface area is 133 Å². The molecule has 0 spiro atoms. The SMILES string of the molecule is COCCn1c(SCC(=O)O)nnc1-c1cncc(Br)c1. The number of carbonyl (C=O) groups is 1. The monoisotopic (exact) mass is 372 g/mol. The van der Waals surface area contributed by atoms with Gasteiger partial charge in [0.1, 0.15) is 0 Å². The van der Waals surface area contributed by atoms with Crippen LogP contribution in [0.25, 0.3) is 11.4 Å². The van der Waals surface area contributed by atoms with Gasteiger partial charge in [-0.3, -0.25) is 14.3 Å². The molecule has 112 valence electrons. The fraction of sp³-hybridized carbons (Fsp3) is 0.333. The lowest BCUT2D eigenvalue weighted by molar-refractivity contribution is -0.133. The highest BCUT2D eigenvalue weighted by molar-refractivity contribution is 9.10. The van der Waals surface area contributed by atoms with Crippen molar-refractivity contribution in [2.75, 3.05) is 19.5 Å². The summed E-state index contributed by atoms with van der Waals surface area (Å²) in [7, 11) is 1.61. The molecule has 0 aromatic carbocycles. The Morgan fingerprint density at radius 3 is 2.95 bits per heavy atom. The van der Waals surface area contributed by atoms with E-state index in [0.29, 0.717) is 24.1 Å². The Morgan fingerprint density at radius 1 is 1.48 bits per heavy atom. The van der Waals surface area contributed by atoms with Gasteiger partial charge in [0.2, 0.25) is 0 Å². The zero-order valence-electron chi connectivity index (χ0n) is 11.2. The van der Waals surface area contributed by atoms with Gasteiger partial charge in [-0.25, -0.2) is 0 Å². The zero-order chi connectivity index (χ0) is 15.2. The van der Waals surface area contributed by atoms with Crippen molar-refractivity contribution in [3.8, 4) is 11.4 Å². The molecule has 0 atom stereocenters. The predicted octanol–water partition coefficient (Wildman–Crippen LogP) is 1.93. The lowest BCUT2D eigenvalue weighted by Crippen LogP contribution is -2.09. The van der Waals surface area contributed by atoms with E-state index in [-0.39, 0.29) is 5.75 Å². The van der Waals surface area contributed by atoms with Crippen LogP contribution >= 0.6 is 27.7 Å². The third-order valence-electron chi connectivity index (χ3n) is 2.52. The fourth-order valence-corrected chi connectivity index (χ4v) is 2.70. The van der Waals surface area contributed by atoms with Crippen LogP contribution in [0.1, 0.15) is 0 Å². The first-order chi connectivity index (χ1) is 10.1. The van der Waals surface area contributed by atoms with Crippen LogP contribution in [0.5, 0.6) is 0 Å². The second kappa shape index (κ2) is 7.53. The number of aromatic nitrogens is 4. The summed E-state index contributed by atoms with van der Waals surface area (Å²) in [6.45, 7) is 1.01. The van der Waals surface area contributed by atoms with Gasteiger partial charge >= 0.3 is 5.97 Å². The molecule has 0 saturated heterocycles. The van der Waals surface area contributed by atoms with Crippen molar-refractivity contribution in [3.05, 3.63) is 22.9 Å². The first kappa shape index (κ1) is 15.9. The minimum atomic E-state index is -0.896. The maximum atomic E-state index is 10.7. The van der Waals surface area contributed by atoms with Gasteiger partial charge in [0.15, 0.2) is 11.0 Å². The Bertz CT molecular complexity index is 635. The van der Waals surface area contributed by atoms with Gasteiger partial charge in [0.05, 0.1) is 18.9 Å². The summed E-state index contributed by atoms with van der Waals surface area (Å²) in [4.78, 5) is 14.8. The third kappa shape index (κ3) is 4.26. The van der Waals surface area contributed by atoms with Gasteiger partial charge < -0.3 is 9.84 Å². The van der Waals surface area contributed by atoms with Gasteiger partial charge in [-0.05, 0) is 22.0 Å². The molecular formula is C12H13BrN4O3S. The summed E-state index contributed by atoms with van der Waals surface area (Å²) in [5.41, 5.74) is 0.801. The number of thioether (sulfide) groups is 1. The second-order valence-electron chi connectivity index (χ2n) is 4.02. The number of pyridine rings is 1. The van der Waals surface area contributed by atoms with E-state index in [9.17, 15) is 4.79 Å². The normalized spacial score (nSPS) is 10.8. The number of carboxylic acids is 1. The van der Waals surface area contributed by atoms with Gasteiger partial charge in [-0.1, -0.05) is 11.8 Å². The zero-order valence-corrected chi connectivity index (χ0v) is 13.6. The lowest BCUT2D eigenvalue weighted by Gasteiger charge is -2.09. The van der Waals surface area contributed by atoms with E-state index < -0.39 is 5.97 Å². The van der Waals surface area contributed by atoms with Crippen LogP contribution in [-0.4, -0.2) is 50.3 Å². The number of hydrogen-bond acceptors (Lipinski definition) is 6. The Hall–Kier alpha value is -1.45. The second-order valence-corrected chi connectivity index (χ2v) is 5.88. The molecule has 0 aliphatic carbocycles. The average molecular weight is 373 g/mol. The topological polar surface area (TPSA) is 90.1 Å². The van der Waals surface area contributed by atoms with Gasteiger partial charge in [-0.15, -0.1) is 10.2 Å². The minimum Gasteiger partial charge on any atom is -0.481 e. The van der Waals surface area contributed by atoms with E-state index in [4.69, 9.17) is 9.84 Å². The number of halogens is 1. The number of methoxy groups -OCH3 is 1. The van der Waals surface area contributed by atoms with Crippen molar-refractivity contribution in [2.45, 2.75) is 11.7 Å². The molecule has 2 aromatic rings. The van der Waals surface area contributed by atoms with Crippen molar-refractivity contribution in [3.63, 3.8) is 0 Å². The van der Waals surface area contributed by atoms with Gasteiger partial charge in [-0.2, -0.15) is 0 Å². The summed E-state index contributed by atoms with van der Waals surface area (Å²) in [6, 6.07) is 1.88. The molecule has 0 fully saturated rings. The number of aliphatic carboxylic acids is 1. The van der Waals surface area contributed by atoms with E-state index >= 15 is 0 Å². The average Bonchev–Trinajstić information content (AvgIpc) is 2.85. The summed E-state index contributed by atoms with van der Waals surface area (Å²) in [5.74, 6) is -0.331. The van der Waals surface area contributed by atoms with Crippen molar-refractivity contribution in [1.82, 2.24) is 19.7 Å². The quantitative estimate of drug-likeness (QED) is 0.742. The van der Waals surface area contributed by atoms with Crippen LogP contribution in [0.2, 0.25) is 0 Å². The van der Waals surface area contributed by atoms with Crippen molar-refractivity contribution >= 4 is 33.7 Å². The largest absolute Gasteiger partial charge is 0.481 e. The molecule has 0 radical (unpaired) electrons. The molecule has 2 aromatic heterocycles. The Balaban J connectivity index is 2.33. The van der Waals surface area contributed by atoms with Crippen molar-refractivity contribution in [2.24, 2.45) is 0 Å². The standard InChI is InChI=1S/C12H13BrN4O3S/c1-20-3-2-17-11(8-4-9(13)6-14-5-8)15-16-12(17)21-7-10(18)19/h4-6H,2-3,7H2,1H3,(H,18,19). The summed E-state index contributed by atoms with van der Waals surface area (Å²) in [5, 5.41) is 17.5. The van der Waals surface area contributed by atoms with E-state index in [1.807, 2.05) is 10.6 Å². The highest BCUT2D eigenvalue weighted by Crippen LogP contribution is 2.25. The van der Waals surface area contributed by atoms with Crippen LogP contribution in [0.3, 0.4) is 0 Å². The first-order valence-corrected chi connectivity index (χ1v) is 7.77. The van der Waals surface area contributed by atoms with Crippen molar-refractivity contribution in [1.29, 1.82) is 0 Å². The third-order valence-corrected chi connectivity index (χ3v) is 3.91. The summed E-state index contributed by atoms with van der Waals surface area (Å²) in [6.07, 6.45) is 3.36. The van der Waals surface area contributed by atoms with Gasteiger partial charge in [0, 0.05) is 29.5 Å². The number of rotatable bonds is 7. The molecule has 0 unspecified atom stereocenters. The number of nitrogens with zero attached hydrogens (tertiary/aromatic N) is 4. The van der Waals surface area contributed by atoms with E-state index in [1.54, 1.807) is 19.5 Å². The fourth-order valence-electron chi connectivity index (χ4n) is 1.65. The highest BCUT2D eigenvalue weighted by atomic mass is 79.9. The van der Waals surface area contributed by atoms with Crippen LogP contribution in [0, 0.1) is 0 Å². The molecule has 9 heteroatoms. The molecule has 0 aliphatic rings. The number of carboxylic acid groups (broad SMARTS) is 1. The molecular weight excluding hydrogens is 360 g/mol. The lowest BCUT2D eigenvalue weighted by atomic mass is 10.3. The summed E-state index contributed by atoms with van der Waals surface area (Å²) >= 11 is 4.49. The molecule has 0 aliphatic heterocycles. The van der Waals surface area contributed by atoms with Gasteiger partial charge in [0.25, 0.3) is 0 Å². The predicted molar refractivity (Wildman–Crippen MR) is 81.2 cm³/mol. The van der Waals surface area contributed by atoms with Crippen molar-refractivity contribution < 1.29 is 14.6 Å². The molecule has 2 heterocycles. The number of hydrogen-bond donors (Lipinski definition) is 1. The molecule has 0 bridgehead atoms. The van der Waals surface area contributed by atoms with Crippen LogP contribution in [-0.2, 0) is 16.1 Å². The first-order valence-electron chi connectivity index (χ1n) is 5.99. The Kier molecular flexibility index (Phi) is 5.71. The number of ether oxygens (including phenoxy) is 1. The van der Waals surface area contributed by atoms with E-state index in [1.165, 1.54) is 0 Å². The molecule has 0 amide bonds. The van der Waals surface area contributed by atoms with E-state index in [2.05, 4.69) is 31.1 Å². The van der Waals surface area contributed by atoms with Crippen LogP contribution in [0.15, 0.2) is 28.1 Å². The van der Waals surface area contributed by atoms with Crippen LogP contribution < -0.4 is 0 Å². The molecule has 1 N–H and O–H groups in total. The highest BCUT2D eigenvalue weighted by Gasteiger charge is 2.15. The molecule has 21 heavy (non-hydrogen) atoms. The maximum absolute atomic E-state index is 10.7. The summed E-state index contributed by atoms with van der Waals surface area (Å²) < 4.78 is 7.75. The molecule has 2 rings (SSSR count). The van der Waals surface area contributed by atoms with E-state index in [0.717, 1.165) is 21.8 Å². The smallest absolute Gasteiger partial charge is 0.313 e. The Morgan fingerprint density at radius 2 is 2.29 bits per heavy atom. The molecule has 0 saturated carbocycles.